The van der Waals surface area contributed by atoms with E-state index in [9.17, 15) is 9.59 Å². The summed E-state index contributed by atoms with van der Waals surface area (Å²) in [5.41, 5.74) is 6.50. The molecule has 2 amide bonds. The van der Waals surface area contributed by atoms with Crippen molar-refractivity contribution in [1.29, 1.82) is 0 Å². The lowest BCUT2D eigenvalue weighted by atomic mass is 10.2. The number of halogens is 3. The van der Waals surface area contributed by atoms with E-state index in [4.69, 9.17) is 34.8 Å². The Hall–Kier alpha value is -1.95. The van der Waals surface area contributed by atoms with Crippen LogP contribution >= 0.6 is 34.8 Å². The fraction of sp³-hybridized carbons (Fsp3) is 0.176. The molecule has 0 saturated heterocycles. The van der Waals surface area contributed by atoms with Gasteiger partial charge in [0.1, 0.15) is 0 Å². The number of benzene rings is 2. The van der Waals surface area contributed by atoms with Crippen molar-refractivity contribution < 1.29 is 9.59 Å². The van der Waals surface area contributed by atoms with Gasteiger partial charge in [-0.05, 0) is 43.2 Å². The Morgan fingerprint density at radius 1 is 1.00 bits per heavy atom. The standard InChI is InChI=1S/C17H14Cl3N3O2/c18-11-7-13(19)15(14(20)8-11)22-23-17(25)10-2-1-3-12(6-10)21-16(24)9-4-5-9/h1-3,6-9,22H,4-5H2,(H,21,24)(H,23,25). The topological polar surface area (TPSA) is 70.2 Å². The number of carbonyl (C=O) groups is 2. The zero-order valence-electron chi connectivity index (χ0n) is 12.9. The monoisotopic (exact) mass is 397 g/mol. The van der Waals surface area contributed by atoms with Crippen molar-refractivity contribution >= 4 is 58.0 Å². The molecule has 1 fully saturated rings. The van der Waals surface area contributed by atoms with Crippen LogP contribution in [-0.4, -0.2) is 11.8 Å². The molecule has 2 aromatic carbocycles. The summed E-state index contributed by atoms with van der Waals surface area (Å²) < 4.78 is 0. The van der Waals surface area contributed by atoms with Crippen molar-refractivity contribution in [2.45, 2.75) is 12.8 Å². The average Bonchev–Trinajstić information content (AvgIpc) is 3.38. The fourth-order valence-electron chi connectivity index (χ4n) is 2.18. The number of hydrogen-bond donors (Lipinski definition) is 3. The molecule has 1 aliphatic carbocycles. The zero-order valence-corrected chi connectivity index (χ0v) is 15.2. The summed E-state index contributed by atoms with van der Waals surface area (Å²) in [5, 5.41) is 3.76. The van der Waals surface area contributed by atoms with Crippen molar-refractivity contribution in [3.63, 3.8) is 0 Å². The van der Waals surface area contributed by atoms with Crippen LogP contribution < -0.4 is 16.2 Å². The number of hydrazine groups is 1. The number of amides is 2. The van der Waals surface area contributed by atoms with Gasteiger partial charge in [0.15, 0.2) is 0 Å². The van der Waals surface area contributed by atoms with Crippen molar-refractivity contribution in [3.05, 3.63) is 57.0 Å². The van der Waals surface area contributed by atoms with Crippen LogP contribution in [-0.2, 0) is 4.79 Å². The lowest BCUT2D eigenvalue weighted by Crippen LogP contribution is -2.29. The van der Waals surface area contributed by atoms with Gasteiger partial charge in [-0.1, -0.05) is 40.9 Å². The third-order valence-corrected chi connectivity index (χ3v) is 4.46. The Labute approximate surface area is 159 Å². The van der Waals surface area contributed by atoms with E-state index in [1.165, 1.54) is 12.1 Å². The van der Waals surface area contributed by atoms with Crippen LogP contribution in [0.3, 0.4) is 0 Å². The predicted octanol–water partition coefficient (Wildman–Crippen LogP) is 4.75. The van der Waals surface area contributed by atoms with E-state index in [0.29, 0.717) is 22.0 Å². The Bertz CT molecular complexity index is 815. The van der Waals surface area contributed by atoms with E-state index in [-0.39, 0.29) is 21.9 Å². The number of carbonyl (C=O) groups excluding carboxylic acids is 2. The van der Waals surface area contributed by atoms with Crippen LogP contribution in [0.15, 0.2) is 36.4 Å². The molecule has 0 atom stereocenters. The quantitative estimate of drug-likeness (QED) is 0.636. The maximum atomic E-state index is 12.3. The molecule has 1 saturated carbocycles. The predicted molar refractivity (Wildman–Crippen MR) is 100 cm³/mol. The minimum atomic E-state index is -0.399. The molecule has 1 aliphatic rings. The maximum absolute atomic E-state index is 12.3. The van der Waals surface area contributed by atoms with Crippen LogP contribution in [0.1, 0.15) is 23.2 Å². The zero-order chi connectivity index (χ0) is 18.0. The summed E-state index contributed by atoms with van der Waals surface area (Å²) in [6.45, 7) is 0. The van der Waals surface area contributed by atoms with Crippen LogP contribution in [0.2, 0.25) is 15.1 Å². The first-order chi connectivity index (χ1) is 11.9. The molecule has 0 spiro atoms. The Kier molecular flexibility index (Phi) is 5.37. The molecule has 2 aromatic rings. The lowest BCUT2D eigenvalue weighted by molar-refractivity contribution is -0.117. The number of anilines is 2. The molecule has 8 heteroatoms. The van der Waals surface area contributed by atoms with E-state index in [2.05, 4.69) is 16.2 Å². The summed E-state index contributed by atoms with van der Waals surface area (Å²) in [4.78, 5) is 24.1. The average molecular weight is 399 g/mol. The van der Waals surface area contributed by atoms with Crippen LogP contribution in [0.5, 0.6) is 0 Å². The van der Waals surface area contributed by atoms with Gasteiger partial charge in [-0.2, -0.15) is 0 Å². The van der Waals surface area contributed by atoms with E-state index in [1.807, 2.05) is 0 Å². The third-order valence-electron chi connectivity index (χ3n) is 3.65. The van der Waals surface area contributed by atoms with Crippen molar-refractivity contribution in [3.8, 4) is 0 Å². The second-order valence-electron chi connectivity index (χ2n) is 5.67. The van der Waals surface area contributed by atoms with Crippen molar-refractivity contribution in [2.24, 2.45) is 5.92 Å². The second kappa shape index (κ2) is 7.52. The van der Waals surface area contributed by atoms with E-state index < -0.39 is 5.91 Å². The van der Waals surface area contributed by atoms with Crippen LogP contribution in [0.25, 0.3) is 0 Å². The Balaban J connectivity index is 1.66. The Morgan fingerprint density at radius 3 is 2.32 bits per heavy atom. The van der Waals surface area contributed by atoms with Gasteiger partial charge in [0, 0.05) is 22.2 Å². The van der Waals surface area contributed by atoms with Gasteiger partial charge in [-0.3, -0.25) is 20.4 Å². The largest absolute Gasteiger partial charge is 0.326 e. The summed E-state index contributed by atoms with van der Waals surface area (Å²) in [6, 6.07) is 9.68. The maximum Gasteiger partial charge on any atom is 0.269 e. The molecule has 0 heterocycles. The highest BCUT2D eigenvalue weighted by molar-refractivity contribution is 6.41. The highest BCUT2D eigenvalue weighted by atomic mass is 35.5. The molecule has 0 aliphatic heterocycles. The van der Waals surface area contributed by atoms with Crippen LogP contribution in [0.4, 0.5) is 11.4 Å². The molecular formula is C17H14Cl3N3O2. The van der Waals surface area contributed by atoms with Gasteiger partial charge < -0.3 is 5.32 Å². The molecule has 5 nitrogen and oxygen atoms in total. The van der Waals surface area contributed by atoms with E-state index in [1.54, 1.807) is 24.3 Å². The molecule has 25 heavy (non-hydrogen) atoms. The smallest absolute Gasteiger partial charge is 0.269 e. The van der Waals surface area contributed by atoms with Gasteiger partial charge >= 0.3 is 0 Å². The van der Waals surface area contributed by atoms with Gasteiger partial charge in [0.25, 0.3) is 5.91 Å². The van der Waals surface area contributed by atoms with Gasteiger partial charge in [-0.15, -0.1) is 0 Å². The number of hydrogen-bond acceptors (Lipinski definition) is 3. The summed E-state index contributed by atoms with van der Waals surface area (Å²) in [7, 11) is 0. The second-order valence-corrected chi connectivity index (χ2v) is 6.92. The highest BCUT2D eigenvalue weighted by Crippen LogP contribution is 2.33. The van der Waals surface area contributed by atoms with Gasteiger partial charge in [0.05, 0.1) is 15.7 Å². The van der Waals surface area contributed by atoms with Crippen molar-refractivity contribution in [1.82, 2.24) is 5.43 Å². The van der Waals surface area contributed by atoms with E-state index in [0.717, 1.165) is 12.8 Å². The highest BCUT2D eigenvalue weighted by Gasteiger charge is 2.29. The first kappa shape index (κ1) is 17.9. The number of nitrogens with one attached hydrogen (secondary N) is 3. The molecule has 0 unspecified atom stereocenters. The first-order valence-electron chi connectivity index (χ1n) is 7.56. The summed E-state index contributed by atoms with van der Waals surface area (Å²) in [5.74, 6) is -0.326. The molecule has 0 aromatic heterocycles. The normalized spacial score (nSPS) is 13.2. The fourth-order valence-corrected chi connectivity index (χ4v) is 3.09. The molecule has 130 valence electrons. The molecular weight excluding hydrogens is 385 g/mol. The minimum Gasteiger partial charge on any atom is -0.326 e. The van der Waals surface area contributed by atoms with Crippen molar-refractivity contribution in [2.75, 3.05) is 10.7 Å². The Morgan fingerprint density at radius 2 is 1.68 bits per heavy atom. The molecule has 0 bridgehead atoms. The lowest BCUT2D eigenvalue weighted by Gasteiger charge is -2.13. The van der Waals surface area contributed by atoms with E-state index >= 15 is 0 Å². The van der Waals surface area contributed by atoms with Crippen LogP contribution in [0, 0.1) is 5.92 Å². The summed E-state index contributed by atoms with van der Waals surface area (Å²) in [6.07, 6.45) is 1.83. The molecule has 0 radical (unpaired) electrons. The minimum absolute atomic E-state index is 0.0181. The SMILES string of the molecule is O=C(NNc1c(Cl)cc(Cl)cc1Cl)c1cccc(NC(=O)C2CC2)c1. The number of rotatable bonds is 5. The summed E-state index contributed by atoms with van der Waals surface area (Å²) >= 11 is 18.0. The third kappa shape index (κ3) is 4.57. The van der Waals surface area contributed by atoms with Gasteiger partial charge in [0.2, 0.25) is 5.91 Å². The molecule has 3 N–H and O–H groups in total. The van der Waals surface area contributed by atoms with Gasteiger partial charge in [-0.25, -0.2) is 0 Å². The molecule has 3 rings (SSSR count). The first-order valence-corrected chi connectivity index (χ1v) is 8.69.